The quantitative estimate of drug-likeness (QED) is 0.610. The second-order valence-electron chi connectivity index (χ2n) is 7.21. The summed E-state index contributed by atoms with van der Waals surface area (Å²) < 4.78 is 6.22. The van der Waals surface area contributed by atoms with Gasteiger partial charge >= 0.3 is 0 Å². The van der Waals surface area contributed by atoms with Gasteiger partial charge in [0.1, 0.15) is 17.7 Å². The van der Waals surface area contributed by atoms with Gasteiger partial charge < -0.3 is 15.4 Å². The van der Waals surface area contributed by atoms with Crippen LogP contribution in [0.15, 0.2) is 42.9 Å². The SMILES string of the molecule is CC(=O)NC1CCCC(Oc2ccc3c(Nc4cnc(Cl)nc4)nccc3c2)C1. The van der Waals surface area contributed by atoms with Crippen LogP contribution in [0.5, 0.6) is 5.75 Å². The van der Waals surface area contributed by atoms with Crippen molar-refractivity contribution in [1.82, 2.24) is 20.3 Å². The Morgan fingerprint density at radius 2 is 2.00 bits per heavy atom. The number of carbonyl (C=O) groups excluding carboxylic acids is 1. The number of fused-ring (bicyclic) bond motifs is 1. The summed E-state index contributed by atoms with van der Waals surface area (Å²) in [5, 5.41) is 8.42. The van der Waals surface area contributed by atoms with Crippen LogP contribution in [0.2, 0.25) is 5.28 Å². The molecule has 2 aromatic heterocycles. The molecule has 1 amide bonds. The summed E-state index contributed by atoms with van der Waals surface area (Å²) in [5.74, 6) is 1.54. The molecule has 2 heterocycles. The van der Waals surface area contributed by atoms with Crippen LogP contribution in [0.4, 0.5) is 11.5 Å². The summed E-state index contributed by atoms with van der Waals surface area (Å²) >= 11 is 5.74. The minimum absolute atomic E-state index is 0.0139. The third-order valence-corrected chi connectivity index (χ3v) is 5.15. The van der Waals surface area contributed by atoms with Crippen molar-refractivity contribution in [3.8, 4) is 5.75 Å². The maximum Gasteiger partial charge on any atom is 0.222 e. The second-order valence-corrected chi connectivity index (χ2v) is 7.55. The molecule has 0 bridgehead atoms. The van der Waals surface area contributed by atoms with Gasteiger partial charge in [-0.2, -0.15) is 0 Å². The van der Waals surface area contributed by atoms with E-state index >= 15 is 0 Å². The zero-order valence-electron chi connectivity index (χ0n) is 16.1. The highest BCUT2D eigenvalue weighted by Gasteiger charge is 2.24. The first-order chi connectivity index (χ1) is 14.1. The van der Waals surface area contributed by atoms with Crippen molar-refractivity contribution >= 4 is 39.8 Å². The lowest BCUT2D eigenvalue weighted by atomic mass is 9.92. The van der Waals surface area contributed by atoms with Crippen LogP contribution in [0.1, 0.15) is 32.6 Å². The van der Waals surface area contributed by atoms with Crippen molar-refractivity contribution in [3.63, 3.8) is 0 Å². The highest BCUT2D eigenvalue weighted by molar-refractivity contribution is 6.28. The van der Waals surface area contributed by atoms with Gasteiger partial charge in [-0.25, -0.2) is 15.0 Å². The molecule has 1 saturated carbocycles. The van der Waals surface area contributed by atoms with Crippen LogP contribution in [-0.4, -0.2) is 33.0 Å². The number of benzene rings is 1. The molecule has 2 N–H and O–H groups in total. The van der Waals surface area contributed by atoms with E-state index in [2.05, 4.69) is 25.6 Å². The molecule has 0 radical (unpaired) electrons. The van der Waals surface area contributed by atoms with E-state index in [-0.39, 0.29) is 23.3 Å². The van der Waals surface area contributed by atoms with Gasteiger partial charge in [-0.3, -0.25) is 4.79 Å². The highest BCUT2D eigenvalue weighted by Crippen LogP contribution is 2.30. The van der Waals surface area contributed by atoms with E-state index in [1.165, 1.54) is 0 Å². The average Bonchev–Trinajstić information content (AvgIpc) is 2.69. The minimum atomic E-state index is 0.0139. The Hall–Kier alpha value is -2.93. The summed E-state index contributed by atoms with van der Waals surface area (Å²) in [5.41, 5.74) is 0.709. The van der Waals surface area contributed by atoms with Gasteiger partial charge in [-0.1, -0.05) is 0 Å². The standard InChI is InChI=1S/C21H22ClN5O2/c1-13(28)26-15-3-2-4-17(10-15)29-18-5-6-19-14(9-18)7-8-23-20(19)27-16-11-24-21(22)25-12-16/h5-9,11-12,15,17H,2-4,10H2,1H3,(H,23,27)(H,26,28). The summed E-state index contributed by atoms with van der Waals surface area (Å²) in [6, 6.07) is 8.10. The molecule has 0 saturated heterocycles. The Bertz CT molecular complexity index is 1010. The third-order valence-electron chi connectivity index (χ3n) is 4.96. The number of hydrogen-bond donors (Lipinski definition) is 2. The minimum Gasteiger partial charge on any atom is -0.490 e. The average molecular weight is 412 g/mol. The Kier molecular flexibility index (Phi) is 5.76. The molecule has 2 atom stereocenters. The van der Waals surface area contributed by atoms with E-state index in [0.29, 0.717) is 11.5 Å². The molecule has 1 aromatic carbocycles. The Balaban J connectivity index is 1.49. The number of hydrogen-bond acceptors (Lipinski definition) is 6. The van der Waals surface area contributed by atoms with Crippen molar-refractivity contribution in [2.45, 2.75) is 44.8 Å². The number of aromatic nitrogens is 3. The largest absolute Gasteiger partial charge is 0.490 e. The molecule has 7 nitrogen and oxygen atoms in total. The first kappa shape index (κ1) is 19.4. The summed E-state index contributed by atoms with van der Waals surface area (Å²) in [6.07, 6.45) is 8.95. The first-order valence-corrected chi connectivity index (χ1v) is 10.0. The van der Waals surface area contributed by atoms with E-state index in [4.69, 9.17) is 16.3 Å². The number of anilines is 2. The lowest BCUT2D eigenvalue weighted by Crippen LogP contribution is -2.40. The van der Waals surface area contributed by atoms with E-state index in [1.54, 1.807) is 25.5 Å². The van der Waals surface area contributed by atoms with Crippen molar-refractivity contribution in [2.75, 3.05) is 5.32 Å². The molecule has 150 valence electrons. The van der Waals surface area contributed by atoms with Crippen LogP contribution in [0.25, 0.3) is 10.8 Å². The Morgan fingerprint density at radius 1 is 1.17 bits per heavy atom. The Morgan fingerprint density at radius 3 is 2.79 bits per heavy atom. The summed E-state index contributed by atoms with van der Waals surface area (Å²) in [7, 11) is 0. The normalized spacial score (nSPS) is 19.0. The molecule has 1 fully saturated rings. The maximum absolute atomic E-state index is 11.3. The Labute approximate surface area is 173 Å². The van der Waals surface area contributed by atoms with Crippen LogP contribution >= 0.6 is 11.6 Å². The number of carbonyl (C=O) groups is 1. The first-order valence-electron chi connectivity index (χ1n) is 9.64. The molecule has 1 aliphatic carbocycles. The number of ether oxygens (including phenoxy) is 1. The van der Waals surface area contributed by atoms with Gasteiger partial charge in [0.15, 0.2) is 0 Å². The smallest absolute Gasteiger partial charge is 0.222 e. The van der Waals surface area contributed by atoms with Crippen molar-refractivity contribution < 1.29 is 9.53 Å². The van der Waals surface area contributed by atoms with Crippen LogP contribution in [0.3, 0.4) is 0 Å². The molecule has 0 aliphatic heterocycles. The molecular weight excluding hydrogens is 390 g/mol. The fourth-order valence-electron chi connectivity index (χ4n) is 3.71. The fourth-order valence-corrected chi connectivity index (χ4v) is 3.80. The van der Waals surface area contributed by atoms with E-state index in [9.17, 15) is 4.79 Å². The zero-order chi connectivity index (χ0) is 20.2. The van der Waals surface area contributed by atoms with E-state index in [0.717, 1.165) is 42.2 Å². The monoisotopic (exact) mass is 411 g/mol. The summed E-state index contributed by atoms with van der Waals surface area (Å²) in [4.78, 5) is 23.7. The second kappa shape index (κ2) is 8.61. The van der Waals surface area contributed by atoms with Crippen molar-refractivity contribution in [1.29, 1.82) is 0 Å². The van der Waals surface area contributed by atoms with E-state index < -0.39 is 0 Å². The third kappa shape index (κ3) is 4.92. The lowest BCUT2D eigenvalue weighted by Gasteiger charge is -2.30. The van der Waals surface area contributed by atoms with Gasteiger partial charge in [-0.15, -0.1) is 0 Å². The fraction of sp³-hybridized carbons (Fsp3) is 0.333. The number of halogens is 1. The molecule has 2 unspecified atom stereocenters. The van der Waals surface area contributed by atoms with Crippen molar-refractivity contribution in [3.05, 3.63) is 48.1 Å². The van der Waals surface area contributed by atoms with Crippen LogP contribution in [-0.2, 0) is 4.79 Å². The van der Waals surface area contributed by atoms with Gasteiger partial charge in [0.25, 0.3) is 0 Å². The zero-order valence-corrected chi connectivity index (χ0v) is 16.8. The topological polar surface area (TPSA) is 89.0 Å². The predicted molar refractivity (Wildman–Crippen MR) is 113 cm³/mol. The predicted octanol–water partition coefficient (Wildman–Crippen LogP) is 4.25. The molecule has 8 heteroatoms. The van der Waals surface area contributed by atoms with E-state index in [1.807, 2.05) is 24.3 Å². The number of nitrogens with one attached hydrogen (secondary N) is 2. The van der Waals surface area contributed by atoms with Gasteiger partial charge in [0, 0.05) is 31.0 Å². The van der Waals surface area contributed by atoms with Gasteiger partial charge in [0.05, 0.1) is 18.1 Å². The van der Waals surface area contributed by atoms with Crippen LogP contribution in [0, 0.1) is 0 Å². The molecule has 4 rings (SSSR count). The number of pyridine rings is 1. The van der Waals surface area contributed by atoms with Gasteiger partial charge in [-0.05, 0) is 60.5 Å². The molecule has 0 spiro atoms. The molecule has 3 aromatic rings. The molecular formula is C21H22ClN5O2. The van der Waals surface area contributed by atoms with Crippen molar-refractivity contribution in [2.24, 2.45) is 0 Å². The maximum atomic E-state index is 11.3. The van der Waals surface area contributed by atoms with Crippen LogP contribution < -0.4 is 15.4 Å². The summed E-state index contributed by atoms with van der Waals surface area (Å²) in [6.45, 7) is 1.56. The number of amides is 1. The molecule has 1 aliphatic rings. The molecule has 29 heavy (non-hydrogen) atoms. The van der Waals surface area contributed by atoms with Gasteiger partial charge in [0.2, 0.25) is 11.2 Å². The highest BCUT2D eigenvalue weighted by atomic mass is 35.5. The number of rotatable bonds is 5. The number of nitrogens with zero attached hydrogens (tertiary/aromatic N) is 3. The lowest BCUT2D eigenvalue weighted by molar-refractivity contribution is -0.120.